The first-order chi connectivity index (χ1) is 16.4. The van der Waals surface area contributed by atoms with Gasteiger partial charge < -0.3 is 14.9 Å². The molecule has 2 N–H and O–H groups in total. The van der Waals surface area contributed by atoms with E-state index in [1.807, 2.05) is 6.07 Å². The number of carbonyl (C=O) groups excluding carboxylic acids is 2. The van der Waals surface area contributed by atoms with Crippen LogP contribution in [-0.4, -0.2) is 34.0 Å². The van der Waals surface area contributed by atoms with Gasteiger partial charge in [-0.05, 0) is 48.0 Å². The molecule has 0 aliphatic carbocycles. The molecule has 1 aliphatic heterocycles. The molecule has 1 unspecified atom stereocenters. The summed E-state index contributed by atoms with van der Waals surface area (Å²) < 4.78 is 6.87. The third kappa shape index (κ3) is 3.72. The molecule has 0 bridgehead atoms. The van der Waals surface area contributed by atoms with Gasteiger partial charge in [0.15, 0.2) is 5.13 Å². The van der Waals surface area contributed by atoms with Crippen molar-refractivity contribution < 1.29 is 24.5 Å². The van der Waals surface area contributed by atoms with E-state index in [9.17, 15) is 19.8 Å². The number of ether oxygens (including phenoxy) is 1. The number of hydrogen-bond acceptors (Lipinski definition) is 7. The number of ketones is 1. The number of halogens is 1. The highest BCUT2D eigenvalue weighted by Gasteiger charge is 2.48. The number of methoxy groups -OCH3 is 1. The Bertz CT molecular complexity index is 1460. The number of aliphatic hydroxyl groups is 1. The SMILES string of the molecule is COc1ccc2nc(N3C(=O)C(=O)/C(=C(/O)c4ccc(Br)cc4)C3c3ccc(O)cc3)sc2c1. The maximum atomic E-state index is 13.3. The second kappa shape index (κ2) is 8.58. The number of phenolic OH excluding ortho intramolecular Hbond substituents is 1. The molecule has 0 spiro atoms. The van der Waals surface area contributed by atoms with Crippen molar-refractivity contribution >= 4 is 60.1 Å². The van der Waals surface area contributed by atoms with E-state index in [2.05, 4.69) is 20.9 Å². The number of Topliss-reactive ketones (excluding diaryl/α,β-unsaturated/α-hetero) is 1. The van der Waals surface area contributed by atoms with Crippen LogP contribution in [-0.2, 0) is 9.59 Å². The minimum atomic E-state index is -0.924. The average molecular weight is 537 g/mol. The minimum Gasteiger partial charge on any atom is -0.508 e. The highest BCUT2D eigenvalue weighted by molar-refractivity contribution is 9.10. The summed E-state index contributed by atoms with van der Waals surface area (Å²) in [5, 5.41) is 21.2. The van der Waals surface area contributed by atoms with Crippen LogP contribution in [0.3, 0.4) is 0 Å². The van der Waals surface area contributed by atoms with Crippen molar-refractivity contribution in [1.82, 2.24) is 4.98 Å². The molecule has 0 radical (unpaired) electrons. The van der Waals surface area contributed by atoms with Crippen molar-refractivity contribution in [2.24, 2.45) is 0 Å². The molecular weight excluding hydrogens is 520 g/mol. The Morgan fingerprint density at radius 2 is 1.76 bits per heavy atom. The van der Waals surface area contributed by atoms with E-state index in [1.165, 1.54) is 28.4 Å². The first-order valence-corrected chi connectivity index (χ1v) is 11.8. The van der Waals surface area contributed by atoms with Crippen LogP contribution in [0.25, 0.3) is 16.0 Å². The number of fused-ring (bicyclic) bond motifs is 1. The molecule has 34 heavy (non-hydrogen) atoms. The highest BCUT2D eigenvalue weighted by atomic mass is 79.9. The number of phenols is 1. The van der Waals surface area contributed by atoms with Gasteiger partial charge in [0, 0.05) is 10.0 Å². The van der Waals surface area contributed by atoms with Gasteiger partial charge in [-0.2, -0.15) is 0 Å². The van der Waals surface area contributed by atoms with Crippen LogP contribution in [0, 0.1) is 0 Å². The van der Waals surface area contributed by atoms with Gasteiger partial charge in [0.2, 0.25) is 0 Å². The minimum absolute atomic E-state index is 0.0423. The largest absolute Gasteiger partial charge is 0.508 e. The van der Waals surface area contributed by atoms with E-state index in [1.54, 1.807) is 55.6 Å². The number of rotatable bonds is 4. The molecule has 2 heterocycles. The Balaban J connectivity index is 1.71. The van der Waals surface area contributed by atoms with E-state index in [-0.39, 0.29) is 17.1 Å². The summed E-state index contributed by atoms with van der Waals surface area (Å²) in [6.07, 6.45) is 0. The van der Waals surface area contributed by atoms with Crippen LogP contribution < -0.4 is 9.64 Å². The lowest BCUT2D eigenvalue weighted by atomic mass is 9.95. The van der Waals surface area contributed by atoms with Gasteiger partial charge >= 0.3 is 5.91 Å². The van der Waals surface area contributed by atoms with Crippen molar-refractivity contribution in [2.45, 2.75) is 6.04 Å². The lowest BCUT2D eigenvalue weighted by molar-refractivity contribution is -0.132. The standard InChI is InChI=1S/C25H17BrN2O5S/c1-33-17-10-11-18-19(12-17)34-25(27-18)28-21(13-4-8-16(29)9-5-13)20(23(31)24(28)32)22(30)14-2-6-15(26)7-3-14/h2-12,21,29-30H,1H3/b22-20+. The van der Waals surface area contributed by atoms with Gasteiger partial charge in [-0.3, -0.25) is 14.5 Å². The number of thiazole rings is 1. The van der Waals surface area contributed by atoms with Crippen molar-refractivity contribution in [3.63, 3.8) is 0 Å². The topological polar surface area (TPSA) is 100.0 Å². The Labute approximate surface area is 206 Å². The molecule has 1 aromatic heterocycles. The molecule has 9 heteroatoms. The van der Waals surface area contributed by atoms with Gasteiger partial charge in [0.05, 0.1) is 28.9 Å². The van der Waals surface area contributed by atoms with Gasteiger partial charge in [-0.25, -0.2) is 4.98 Å². The molecular formula is C25H17BrN2O5S. The Hall–Kier alpha value is -3.69. The van der Waals surface area contributed by atoms with Crippen molar-refractivity contribution in [2.75, 3.05) is 12.0 Å². The number of aromatic nitrogens is 1. The van der Waals surface area contributed by atoms with Gasteiger partial charge in [0.1, 0.15) is 17.3 Å². The number of amides is 1. The third-order valence-electron chi connectivity index (χ3n) is 5.56. The summed E-state index contributed by atoms with van der Waals surface area (Å²) in [7, 11) is 1.56. The molecule has 1 aliphatic rings. The fourth-order valence-electron chi connectivity index (χ4n) is 3.89. The van der Waals surface area contributed by atoms with Crippen LogP contribution in [0.5, 0.6) is 11.5 Å². The summed E-state index contributed by atoms with van der Waals surface area (Å²) in [6, 6.07) is 17.4. The lowest BCUT2D eigenvalue weighted by Gasteiger charge is -2.23. The van der Waals surface area contributed by atoms with E-state index < -0.39 is 17.7 Å². The second-order valence-corrected chi connectivity index (χ2v) is 9.52. The van der Waals surface area contributed by atoms with Crippen LogP contribution in [0.15, 0.2) is 76.8 Å². The van der Waals surface area contributed by atoms with Crippen LogP contribution >= 0.6 is 27.3 Å². The van der Waals surface area contributed by atoms with E-state index in [0.717, 1.165) is 9.17 Å². The van der Waals surface area contributed by atoms with Crippen LogP contribution in [0.1, 0.15) is 17.2 Å². The Morgan fingerprint density at radius 1 is 1.06 bits per heavy atom. The Morgan fingerprint density at radius 3 is 2.44 bits per heavy atom. The molecule has 1 fully saturated rings. The predicted molar refractivity (Wildman–Crippen MR) is 133 cm³/mol. The summed E-state index contributed by atoms with van der Waals surface area (Å²) >= 11 is 4.60. The van der Waals surface area contributed by atoms with Crippen LogP contribution in [0.4, 0.5) is 5.13 Å². The van der Waals surface area contributed by atoms with E-state index in [4.69, 9.17) is 4.74 Å². The van der Waals surface area contributed by atoms with Gasteiger partial charge in [-0.1, -0.05) is 51.5 Å². The smallest absolute Gasteiger partial charge is 0.301 e. The van der Waals surface area contributed by atoms with Gasteiger partial charge in [-0.15, -0.1) is 0 Å². The number of carbonyl (C=O) groups is 2. The normalized spacial score (nSPS) is 17.5. The fraction of sp³-hybridized carbons (Fsp3) is 0.0800. The number of aromatic hydroxyl groups is 1. The van der Waals surface area contributed by atoms with E-state index in [0.29, 0.717) is 27.5 Å². The molecule has 5 rings (SSSR count). The zero-order valence-electron chi connectivity index (χ0n) is 17.7. The Kier molecular flexibility index (Phi) is 5.59. The van der Waals surface area contributed by atoms with Crippen molar-refractivity contribution in [3.05, 3.63) is 87.9 Å². The maximum absolute atomic E-state index is 13.3. The summed E-state index contributed by atoms with van der Waals surface area (Å²) in [6.45, 7) is 0. The zero-order valence-corrected chi connectivity index (χ0v) is 20.1. The van der Waals surface area contributed by atoms with Crippen molar-refractivity contribution in [1.29, 1.82) is 0 Å². The fourth-order valence-corrected chi connectivity index (χ4v) is 5.17. The number of hydrogen-bond donors (Lipinski definition) is 2. The summed E-state index contributed by atoms with van der Waals surface area (Å²) in [5.41, 5.74) is 1.56. The molecule has 1 amide bonds. The first-order valence-electron chi connectivity index (χ1n) is 10.2. The summed E-state index contributed by atoms with van der Waals surface area (Å²) in [4.78, 5) is 32.4. The number of aliphatic hydroxyl groups excluding tert-OH is 1. The number of benzene rings is 3. The molecule has 1 saturated heterocycles. The average Bonchev–Trinajstić information content (AvgIpc) is 3.37. The lowest BCUT2D eigenvalue weighted by Crippen LogP contribution is -2.29. The molecule has 4 aromatic rings. The molecule has 7 nitrogen and oxygen atoms in total. The molecule has 3 aromatic carbocycles. The summed E-state index contributed by atoms with van der Waals surface area (Å²) in [5.74, 6) is -1.19. The zero-order chi connectivity index (χ0) is 24.0. The van der Waals surface area contributed by atoms with E-state index >= 15 is 0 Å². The van der Waals surface area contributed by atoms with Crippen molar-refractivity contribution in [3.8, 4) is 11.5 Å². The second-order valence-electron chi connectivity index (χ2n) is 7.60. The predicted octanol–water partition coefficient (Wildman–Crippen LogP) is 5.40. The molecule has 170 valence electrons. The molecule has 1 atom stereocenters. The van der Waals surface area contributed by atoms with Crippen LogP contribution in [0.2, 0.25) is 0 Å². The van der Waals surface area contributed by atoms with Gasteiger partial charge in [0.25, 0.3) is 5.78 Å². The highest BCUT2D eigenvalue weighted by Crippen LogP contribution is 2.44. The first kappa shape index (κ1) is 22.1. The quantitative estimate of drug-likeness (QED) is 0.206. The maximum Gasteiger partial charge on any atom is 0.301 e. The third-order valence-corrected chi connectivity index (χ3v) is 7.11. The number of anilines is 1. The number of nitrogens with zero attached hydrogens (tertiary/aromatic N) is 2. The molecule has 0 saturated carbocycles. The monoisotopic (exact) mass is 536 g/mol.